The molecule has 0 aliphatic carbocycles. The van der Waals surface area contributed by atoms with E-state index in [0.29, 0.717) is 12.7 Å². The first-order valence-electron chi connectivity index (χ1n) is 10.00. The fourth-order valence-electron chi connectivity index (χ4n) is 3.54. The van der Waals surface area contributed by atoms with Gasteiger partial charge in [0, 0.05) is 12.0 Å². The molecule has 4 heteroatoms. The monoisotopic (exact) mass is 370 g/mol. The lowest BCUT2D eigenvalue weighted by atomic mass is 9.88. The third-order valence-electron chi connectivity index (χ3n) is 5.22. The molecule has 2 N–H and O–H groups in total. The van der Waals surface area contributed by atoms with Crippen LogP contribution in [0.3, 0.4) is 0 Å². The molecule has 2 aromatic carbocycles. The Balaban J connectivity index is 1.52. The highest BCUT2D eigenvalue weighted by molar-refractivity contribution is 5.44. The van der Waals surface area contributed by atoms with Crippen molar-refractivity contribution in [3.05, 3.63) is 53.6 Å². The van der Waals surface area contributed by atoms with Crippen molar-refractivity contribution in [1.82, 2.24) is 0 Å². The summed E-state index contributed by atoms with van der Waals surface area (Å²) in [5.74, 6) is 3.99. The number of hydrogen-bond acceptors (Lipinski definition) is 3. The first kappa shape index (κ1) is 19.6. The summed E-state index contributed by atoms with van der Waals surface area (Å²) in [5.41, 5.74) is 2.70. The van der Waals surface area contributed by atoms with Gasteiger partial charge in [-0.1, -0.05) is 32.4 Å². The summed E-state index contributed by atoms with van der Waals surface area (Å²) in [6, 6.07) is 14.8. The van der Waals surface area contributed by atoms with Crippen LogP contribution in [0.4, 0.5) is 0 Å². The van der Waals surface area contributed by atoms with Crippen LogP contribution in [0.15, 0.2) is 42.5 Å². The van der Waals surface area contributed by atoms with E-state index in [9.17, 15) is 0 Å². The molecule has 0 saturated heterocycles. The average Bonchev–Trinajstić information content (AvgIpc) is 3.15. The van der Waals surface area contributed by atoms with Gasteiger partial charge < -0.3 is 19.5 Å². The second-order valence-electron chi connectivity index (χ2n) is 7.70. The van der Waals surface area contributed by atoms with Crippen molar-refractivity contribution in [2.75, 3.05) is 20.4 Å². The zero-order valence-corrected chi connectivity index (χ0v) is 16.7. The van der Waals surface area contributed by atoms with E-state index in [0.717, 1.165) is 36.3 Å². The first-order valence-corrected chi connectivity index (χ1v) is 10.00. The van der Waals surface area contributed by atoms with Crippen molar-refractivity contribution in [3.8, 4) is 17.2 Å². The molecule has 0 amide bonds. The van der Waals surface area contributed by atoms with Crippen molar-refractivity contribution in [3.63, 3.8) is 0 Å². The first-order chi connectivity index (χ1) is 13.2. The topological polar surface area (TPSA) is 44.3 Å². The highest BCUT2D eigenvalue weighted by atomic mass is 16.7. The smallest absolute Gasteiger partial charge is 0.231 e. The number of methoxy groups -OCH3 is 1. The van der Waals surface area contributed by atoms with Crippen LogP contribution in [0, 0.1) is 5.92 Å². The van der Waals surface area contributed by atoms with Gasteiger partial charge in [-0.25, -0.2) is 0 Å². The lowest BCUT2D eigenvalue weighted by molar-refractivity contribution is -0.671. The summed E-state index contributed by atoms with van der Waals surface area (Å²) >= 11 is 0. The Morgan fingerprint density at radius 2 is 1.74 bits per heavy atom. The highest BCUT2D eigenvalue weighted by Crippen LogP contribution is 2.32. The molecule has 2 aromatic rings. The van der Waals surface area contributed by atoms with Crippen molar-refractivity contribution >= 4 is 0 Å². The van der Waals surface area contributed by atoms with Gasteiger partial charge in [-0.3, -0.25) is 0 Å². The van der Waals surface area contributed by atoms with Gasteiger partial charge in [0.15, 0.2) is 11.5 Å². The molecular weight excluding hydrogens is 338 g/mol. The maximum atomic E-state index is 5.47. The lowest BCUT2D eigenvalue weighted by Gasteiger charge is -2.18. The maximum Gasteiger partial charge on any atom is 0.231 e. The Labute approximate surface area is 162 Å². The van der Waals surface area contributed by atoms with E-state index >= 15 is 0 Å². The second kappa shape index (κ2) is 9.65. The lowest BCUT2D eigenvalue weighted by Crippen LogP contribution is -2.82. The maximum absolute atomic E-state index is 5.47. The fraction of sp³-hybridized carbons (Fsp3) is 0.478. The molecule has 0 radical (unpaired) electrons. The van der Waals surface area contributed by atoms with Crippen LogP contribution >= 0.6 is 0 Å². The van der Waals surface area contributed by atoms with Gasteiger partial charge in [-0.2, -0.15) is 0 Å². The third kappa shape index (κ3) is 5.64. The average molecular weight is 371 g/mol. The molecule has 1 aliphatic rings. The SMILES string of the molecule is COc1ccc([C@H](CC[NH2+]Cc2ccc3c(c2)OCO3)CCC(C)C)cc1. The Hall–Kier alpha value is -2.20. The molecule has 0 unspecified atom stereocenters. The molecule has 0 spiro atoms. The number of rotatable bonds is 10. The summed E-state index contributed by atoms with van der Waals surface area (Å²) in [7, 11) is 1.72. The molecule has 1 heterocycles. The normalized spacial score (nSPS) is 13.8. The van der Waals surface area contributed by atoms with Gasteiger partial charge in [-0.05, 0) is 54.2 Å². The Bertz CT molecular complexity index is 712. The molecule has 4 nitrogen and oxygen atoms in total. The van der Waals surface area contributed by atoms with Crippen molar-refractivity contribution in [1.29, 1.82) is 0 Å². The fourth-order valence-corrected chi connectivity index (χ4v) is 3.54. The number of nitrogens with two attached hydrogens (primary N) is 1. The molecule has 3 rings (SSSR count). The van der Waals surface area contributed by atoms with Crippen LogP contribution in [0.2, 0.25) is 0 Å². The molecule has 0 fully saturated rings. The van der Waals surface area contributed by atoms with Gasteiger partial charge in [0.05, 0.1) is 13.7 Å². The van der Waals surface area contributed by atoms with Crippen LogP contribution in [0.5, 0.6) is 17.2 Å². The molecule has 27 heavy (non-hydrogen) atoms. The van der Waals surface area contributed by atoms with E-state index in [1.807, 2.05) is 6.07 Å². The molecule has 0 aromatic heterocycles. The predicted molar refractivity (Wildman–Crippen MR) is 107 cm³/mol. The minimum absolute atomic E-state index is 0.335. The van der Waals surface area contributed by atoms with E-state index in [-0.39, 0.29) is 0 Å². The zero-order chi connectivity index (χ0) is 19.1. The van der Waals surface area contributed by atoms with Gasteiger partial charge in [0.2, 0.25) is 6.79 Å². The highest BCUT2D eigenvalue weighted by Gasteiger charge is 2.15. The number of benzene rings is 2. The standard InChI is InChI=1S/C23H31NO3/c1-17(2)4-6-20(19-7-9-21(25-3)10-8-19)12-13-24-15-18-5-11-22-23(14-18)27-16-26-22/h5,7-11,14,17,20,24H,4,6,12-13,15-16H2,1-3H3/p+1/t20-/m0/s1. The molecule has 0 saturated carbocycles. The van der Waals surface area contributed by atoms with Crippen LogP contribution in [0.1, 0.15) is 50.2 Å². The molecule has 1 atom stereocenters. The summed E-state index contributed by atoms with van der Waals surface area (Å²) in [6.45, 7) is 7.02. The largest absolute Gasteiger partial charge is 0.497 e. The number of quaternary nitrogens is 1. The van der Waals surface area contributed by atoms with E-state index in [1.54, 1.807) is 7.11 Å². The number of fused-ring (bicyclic) bond motifs is 1. The summed E-state index contributed by atoms with van der Waals surface area (Å²) in [4.78, 5) is 0. The van der Waals surface area contributed by atoms with E-state index in [1.165, 1.54) is 30.4 Å². The Morgan fingerprint density at radius 3 is 2.48 bits per heavy atom. The quantitative estimate of drug-likeness (QED) is 0.641. The molecule has 146 valence electrons. The van der Waals surface area contributed by atoms with Crippen molar-refractivity contribution in [2.45, 2.75) is 45.6 Å². The Morgan fingerprint density at radius 1 is 0.963 bits per heavy atom. The van der Waals surface area contributed by atoms with E-state index < -0.39 is 0 Å². The van der Waals surface area contributed by atoms with Crippen LogP contribution in [-0.2, 0) is 6.54 Å². The van der Waals surface area contributed by atoms with Crippen LogP contribution in [-0.4, -0.2) is 20.4 Å². The zero-order valence-electron chi connectivity index (χ0n) is 16.7. The minimum Gasteiger partial charge on any atom is -0.497 e. The molecular formula is C23H32NO3+. The van der Waals surface area contributed by atoms with Crippen LogP contribution < -0.4 is 19.5 Å². The van der Waals surface area contributed by atoms with Gasteiger partial charge >= 0.3 is 0 Å². The number of ether oxygens (including phenoxy) is 3. The van der Waals surface area contributed by atoms with Crippen molar-refractivity contribution in [2.24, 2.45) is 5.92 Å². The molecule has 1 aliphatic heterocycles. The van der Waals surface area contributed by atoms with Gasteiger partial charge in [0.1, 0.15) is 12.3 Å². The second-order valence-corrected chi connectivity index (χ2v) is 7.70. The predicted octanol–water partition coefficient (Wildman–Crippen LogP) is 4.10. The Kier molecular flexibility index (Phi) is 6.99. The number of hydrogen-bond donors (Lipinski definition) is 1. The minimum atomic E-state index is 0.335. The summed E-state index contributed by atoms with van der Waals surface area (Å²) in [5, 5.41) is 2.39. The van der Waals surface area contributed by atoms with Crippen LogP contribution in [0.25, 0.3) is 0 Å². The summed E-state index contributed by atoms with van der Waals surface area (Å²) in [6.07, 6.45) is 3.68. The van der Waals surface area contributed by atoms with E-state index in [4.69, 9.17) is 14.2 Å². The molecule has 0 bridgehead atoms. The summed E-state index contributed by atoms with van der Waals surface area (Å²) < 4.78 is 16.2. The van der Waals surface area contributed by atoms with Gasteiger partial charge in [-0.15, -0.1) is 0 Å². The van der Waals surface area contributed by atoms with E-state index in [2.05, 4.69) is 55.6 Å². The van der Waals surface area contributed by atoms with Gasteiger partial charge in [0.25, 0.3) is 0 Å². The third-order valence-corrected chi connectivity index (χ3v) is 5.22. The van der Waals surface area contributed by atoms with Crippen molar-refractivity contribution < 1.29 is 19.5 Å².